The van der Waals surface area contributed by atoms with Crippen LogP contribution >= 0.6 is 0 Å². The van der Waals surface area contributed by atoms with E-state index in [4.69, 9.17) is 4.98 Å². The van der Waals surface area contributed by atoms with Gasteiger partial charge < -0.3 is 0 Å². The molecule has 1 heterocycles. The number of fused-ring (bicyclic) bond motifs is 7. The van der Waals surface area contributed by atoms with Crippen molar-refractivity contribution in [2.45, 2.75) is 12.3 Å². The average Bonchev–Trinajstić information content (AvgIpc) is 3.30. The van der Waals surface area contributed by atoms with Crippen LogP contribution in [-0.2, 0) is 6.42 Å². The highest BCUT2D eigenvalue weighted by Gasteiger charge is 2.29. The number of hydrogen-bond acceptors (Lipinski definition) is 2. The van der Waals surface area contributed by atoms with Crippen molar-refractivity contribution in [3.63, 3.8) is 0 Å². The lowest BCUT2D eigenvalue weighted by Crippen LogP contribution is -2.16. The van der Waals surface area contributed by atoms with E-state index in [-0.39, 0.29) is 5.92 Å². The van der Waals surface area contributed by atoms with Crippen molar-refractivity contribution in [3.05, 3.63) is 239 Å². The number of allylic oxidation sites excluding steroid dienone is 12. The number of rotatable bonds is 4. The highest BCUT2D eigenvalue weighted by molar-refractivity contribution is 6.15. The molecule has 0 aliphatic heterocycles. The van der Waals surface area contributed by atoms with Gasteiger partial charge in [-0.25, -0.2) is 4.98 Å². The van der Waals surface area contributed by atoms with Crippen LogP contribution in [0.2, 0.25) is 0 Å². The van der Waals surface area contributed by atoms with E-state index in [0.29, 0.717) is 5.92 Å². The van der Waals surface area contributed by atoms with Crippen LogP contribution in [0.5, 0.6) is 0 Å². The molecule has 2 unspecified atom stereocenters. The molecule has 4 aliphatic rings. The van der Waals surface area contributed by atoms with Crippen LogP contribution in [0.1, 0.15) is 39.4 Å². The van der Waals surface area contributed by atoms with Gasteiger partial charge in [0.1, 0.15) is 0 Å². The second-order valence-electron chi connectivity index (χ2n) is 15.6. The Morgan fingerprint density at radius 2 is 1.29 bits per heavy atom. The Morgan fingerprint density at radius 1 is 0.569 bits per heavy atom. The van der Waals surface area contributed by atoms with Gasteiger partial charge in [0, 0.05) is 35.6 Å². The second kappa shape index (κ2) is 14.1. The van der Waals surface area contributed by atoms with Crippen molar-refractivity contribution in [3.8, 4) is 22.4 Å². The summed E-state index contributed by atoms with van der Waals surface area (Å²) in [5.41, 5.74) is 17.8. The highest BCUT2D eigenvalue weighted by atomic mass is 14.7. The maximum Gasteiger partial charge on any atom is 0.0722 e. The normalized spacial score (nSPS) is 19.8. The topological polar surface area (TPSA) is 25.2 Å². The Labute approximate surface area is 339 Å². The van der Waals surface area contributed by atoms with E-state index in [1.54, 1.807) is 0 Å². The predicted molar refractivity (Wildman–Crippen MR) is 245 cm³/mol. The SMILES string of the molecule is CN=C1C=CC=C/C1=C1/Cc2ccccc2C=C1c1ccc(-c2cc(C3=CC4C=CC=CC4c4ccccc43)nc(-c3cc4ccccc4c4ccccc34)c2)cc1. The summed E-state index contributed by atoms with van der Waals surface area (Å²) in [6.45, 7) is 0. The molecule has 0 amide bonds. The number of aromatic nitrogens is 1. The minimum atomic E-state index is 0.273. The standard InChI is InChI=1S/C56H40N2/c1-57-54-25-13-12-24-49(54)51-31-39-15-3-2-14-38(39)30-50(51)37-28-26-36(27-29-37)42-34-55(52-32-40-16-4-6-18-43(40)45-20-8-10-22-47(45)52)58-56(35-42)53-33-41-17-5-7-19-44(41)46-21-9-11-23-48(46)53/h2-30,32-35,40,43H,31H2,1H3/b51-49+,57-54?. The molecule has 1 aromatic heterocycles. The molecule has 274 valence electrons. The van der Waals surface area contributed by atoms with Gasteiger partial charge in [-0.2, -0.15) is 0 Å². The maximum atomic E-state index is 5.59. The number of nitrogens with zero attached hydrogens (tertiary/aromatic N) is 2. The third-order valence-corrected chi connectivity index (χ3v) is 12.3. The molecule has 7 aromatic rings. The van der Waals surface area contributed by atoms with E-state index in [9.17, 15) is 0 Å². The first-order valence-electron chi connectivity index (χ1n) is 20.3. The van der Waals surface area contributed by atoms with Crippen LogP contribution in [-0.4, -0.2) is 17.7 Å². The van der Waals surface area contributed by atoms with Crippen molar-refractivity contribution in [1.29, 1.82) is 0 Å². The largest absolute Gasteiger partial charge is 0.288 e. The lowest BCUT2D eigenvalue weighted by Gasteiger charge is -2.30. The van der Waals surface area contributed by atoms with Crippen molar-refractivity contribution in [2.24, 2.45) is 10.9 Å². The molecule has 2 heteroatoms. The second-order valence-corrected chi connectivity index (χ2v) is 15.6. The summed E-state index contributed by atoms with van der Waals surface area (Å²) in [4.78, 5) is 10.3. The minimum Gasteiger partial charge on any atom is -0.288 e. The maximum absolute atomic E-state index is 5.59. The third kappa shape index (κ3) is 5.80. The van der Waals surface area contributed by atoms with E-state index in [0.717, 1.165) is 40.2 Å². The molecule has 0 bridgehead atoms. The first kappa shape index (κ1) is 34.1. The summed E-state index contributed by atoms with van der Waals surface area (Å²) in [7, 11) is 1.88. The number of benzene rings is 6. The van der Waals surface area contributed by atoms with Crippen LogP contribution in [0.25, 0.3) is 61.2 Å². The molecule has 0 spiro atoms. The van der Waals surface area contributed by atoms with E-state index in [1.807, 2.05) is 7.05 Å². The zero-order valence-electron chi connectivity index (χ0n) is 32.3. The average molecular weight is 741 g/mol. The van der Waals surface area contributed by atoms with E-state index in [2.05, 4.69) is 205 Å². The first-order chi connectivity index (χ1) is 28.7. The number of pyridine rings is 1. The van der Waals surface area contributed by atoms with Crippen molar-refractivity contribution >= 4 is 44.5 Å². The molecule has 11 rings (SSSR count). The van der Waals surface area contributed by atoms with Crippen LogP contribution in [0.3, 0.4) is 0 Å². The lowest BCUT2D eigenvalue weighted by molar-refractivity contribution is 0.688. The molecule has 0 N–H and O–H groups in total. The molecule has 0 radical (unpaired) electrons. The van der Waals surface area contributed by atoms with Crippen molar-refractivity contribution in [2.75, 3.05) is 7.05 Å². The van der Waals surface area contributed by atoms with Crippen LogP contribution in [0.4, 0.5) is 0 Å². The lowest BCUT2D eigenvalue weighted by atomic mass is 9.73. The van der Waals surface area contributed by atoms with Gasteiger partial charge in [0.2, 0.25) is 0 Å². The summed E-state index contributed by atoms with van der Waals surface area (Å²) in [6, 6.07) is 51.2. The Hall–Kier alpha value is -7.16. The Morgan fingerprint density at radius 3 is 2.19 bits per heavy atom. The molecule has 6 aromatic carbocycles. The molecular formula is C56H40N2. The molecule has 2 atom stereocenters. The van der Waals surface area contributed by atoms with Crippen LogP contribution in [0.15, 0.2) is 210 Å². The van der Waals surface area contributed by atoms with Crippen LogP contribution < -0.4 is 0 Å². The molecule has 0 saturated heterocycles. The quantitative estimate of drug-likeness (QED) is 0.165. The predicted octanol–water partition coefficient (Wildman–Crippen LogP) is 13.6. The Kier molecular flexibility index (Phi) is 8.29. The van der Waals surface area contributed by atoms with Gasteiger partial charge in [-0.3, -0.25) is 4.99 Å². The summed E-state index contributed by atoms with van der Waals surface area (Å²) < 4.78 is 0. The van der Waals surface area contributed by atoms with Gasteiger partial charge in [0.25, 0.3) is 0 Å². The third-order valence-electron chi connectivity index (χ3n) is 12.3. The van der Waals surface area contributed by atoms with Gasteiger partial charge in [-0.05, 0) is 108 Å². The van der Waals surface area contributed by atoms with E-state index in [1.165, 1.54) is 71.7 Å². The minimum absolute atomic E-state index is 0.273. The number of aliphatic imine (C=N–C) groups is 1. The van der Waals surface area contributed by atoms with Crippen molar-refractivity contribution < 1.29 is 0 Å². The Balaban J connectivity index is 1.09. The van der Waals surface area contributed by atoms with Crippen molar-refractivity contribution in [1.82, 2.24) is 4.98 Å². The summed E-state index contributed by atoms with van der Waals surface area (Å²) >= 11 is 0. The summed E-state index contributed by atoms with van der Waals surface area (Å²) in [5, 5.41) is 4.92. The molecule has 2 nitrogen and oxygen atoms in total. The number of hydrogen-bond donors (Lipinski definition) is 0. The monoisotopic (exact) mass is 740 g/mol. The van der Waals surface area contributed by atoms with Gasteiger partial charge in [-0.1, -0.05) is 170 Å². The fourth-order valence-corrected chi connectivity index (χ4v) is 9.50. The first-order valence-corrected chi connectivity index (χ1v) is 20.3. The molecular weight excluding hydrogens is 701 g/mol. The fourth-order valence-electron chi connectivity index (χ4n) is 9.50. The zero-order valence-corrected chi connectivity index (χ0v) is 32.3. The summed E-state index contributed by atoms with van der Waals surface area (Å²) in [5.74, 6) is 0.597. The zero-order chi connectivity index (χ0) is 38.6. The molecule has 58 heavy (non-hydrogen) atoms. The molecule has 0 saturated carbocycles. The van der Waals surface area contributed by atoms with E-state index >= 15 is 0 Å². The molecule has 0 fully saturated rings. The fraction of sp³-hybridized carbons (Fsp3) is 0.0714. The smallest absolute Gasteiger partial charge is 0.0722 e. The van der Waals surface area contributed by atoms with Crippen LogP contribution in [0, 0.1) is 5.92 Å². The summed E-state index contributed by atoms with van der Waals surface area (Å²) in [6.07, 6.45) is 23.2. The highest BCUT2D eigenvalue weighted by Crippen LogP contribution is 2.45. The van der Waals surface area contributed by atoms with Gasteiger partial charge in [-0.15, -0.1) is 0 Å². The van der Waals surface area contributed by atoms with Gasteiger partial charge in [0.15, 0.2) is 0 Å². The van der Waals surface area contributed by atoms with Gasteiger partial charge >= 0.3 is 0 Å². The van der Waals surface area contributed by atoms with Gasteiger partial charge in [0.05, 0.1) is 17.1 Å². The Bertz CT molecular complexity index is 3090. The molecule has 4 aliphatic carbocycles. The van der Waals surface area contributed by atoms with E-state index < -0.39 is 0 Å².